The average molecular weight is 387 g/mol. The summed E-state index contributed by atoms with van der Waals surface area (Å²) in [6, 6.07) is 10.3. The SMILES string of the molecule is CCc1cc(-c2ccc(Cl)c(F)c2)ccc1C1=C(O)[C@@]2(C)CC[C@@H](O2)C1=O. The molecule has 2 aliphatic rings. The first-order chi connectivity index (χ1) is 12.8. The molecular weight excluding hydrogens is 367 g/mol. The molecule has 2 aliphatic heterocycles. The van der Waals surface area contributed by atoms with Crippen molar-refractivity contribution in [2.75, 3.05) is 0 Å². The van der Waals surface area contributed by atoms with E-state index in [-0.39, 0.29) is 16.6 Å². The molecule has 2 aromatic carbocycles. The van der Waals surface area contributed by atoms with Gasteiger partial charge in [0.25, 0.3) is 0 Å². The largest absolute Gasteiger partial charge is 0.508 e. The van der Waals surface area contributed by atoms with Gasteiger partial charge >= 0.3 is 0 Å². The maximum Gasteiger partial charge on any atom is 0.195 e. The van der Waals surface area contributed by atoms with Gasteiger partial charge in [-0.1, -0.05) is 42.8 Å². The summed E-state index contributed by atoms with van der Waals surface area (Å²) in [5, 5.41) is 10.9. The van der Waals surface area contributed by atoms with Crippen LogP contribution in [-0.4, -0.2) is 22.6 Å². The molecule has 140 valence electrons. The van der Waals surface area contributed by atoms with Gasteiger partial charge in [0.1, 0.15) is 23.3 Å². The predicted molar refractivity (Wildman–Crippen MR) is 103 cm³/mol. The molecule has 4 rings (SSSR count). The fourth-order valence-corrected chi connectivity index (χ4v) is 4.10. The number of aryl methyl sites for hydroxylation is 1. The lowest BCUT2D eigenvalue weighted by Gasteiger charge is -2.31. The van der Waals surface area contributed by atoms with Crippen LogP contribution in [0.15, 0.2) is 42.2 Å². The summed E-state index contributed by atoms with van der Waals surface area (Å²) >= 11 is 5.77. The predicted octanol–water partition coefficient (Wildman–Crippen LogP) is 5.50. The number of hydrogen-bond donors (Lipinski definition) is 1. The fourth-order valence-electron chi connectivity index (χ4n) is 3.98. The number of carbonyl (C=O) groups excluding carboxylic acids is 1. The first kappa shape index (κ1) is 18.2. The van der Waals surface area contributed by atoms with Crippen molar-refractivity contribution in [3.05, 3.63) is 64.1 Å². The molecule has 0 aliphatic carbocycles. The zero-order valence-electron chi connectivity index (χ0n) is 15.2. The van der Waals surface area contributed by atoms with Gasteiger partial charge in [-0.05, 0) is 60.6 Å². The number of halogens is 2. The van der Waals surface area contributed by atoms with Crippen LogP contribution < -0.4 is 0 Å². The zero-order chi connectivity index (χ0) is 19.3. The minimum atomic E-state index is -0.795. The number of carbonyl (C=O) groups is 1. The molecular formula is C22H20ClFO3. The maximum absolute atomic E-state index is 13.8. The van der Waals surface area contributed by atoms with Crippen LogP contribution in [0.2, 0.25) is 5.02 Å². The zero-order valence-corrected chi connectivity index (χ0v) is 15.9. The molecule has 5 heteroatoms. The number of aliphatic hydroxyl groups excluding tert-OH is 1. The van der Waals surface area contributed by atoms with Gasteiger partial charge in [0, 0.05) is 0 Å². The van der Waals surface area contributed by atoms with Crippen molar-refractivity contribution in [3.8, 4) is 11.1 Å². The van der Waals surface area contributed by atoms with E-state index in [0.717, 1.165) is 16.7 Å². The summed E-state index contributed by atoms with van der Waals surface area (Å²) in [5.41, 5.74) is 2.75. The average Bonchev–Trinajstić information content (AvgIpc) is 3.04. The van der Waals surface area contributed by atoms with E-state index < -0.39 is 17.5 Å². The Balaban J connectivity index is 1.83. The molecule has 0 saturated carbocycles. The lowest BCUT2D eigenvalue weighted by Crippen LogP contribution is -2.37. The highest BCUT2D eigenvalue weighted by Crippen LogP contribution is 2.45. The van der Waals surface area contributed by atoms with Gasteiger partial charge in [-0.25, -0.2) is 4.39 Å². The Bertz CT molecular complexity index is 982. The molecule has 0 aromatic heterocycles. The quantitative estimate of drug-likeness (QED) is 0.757. The smallest absolute Gasteiger partial charge is 0.195 e. The molecule has 1 fully saturated rings. The van der Waals surface area contributed by atoms with Crippen molar-refractivity contribution in [1.29, 1.82) is 0 Å². The van der Waals surface area contributed by atoms with E-state index in [1.165, 1.54) is 12.1 Å². The Morgan fingerprint density at radius 3 is 2.67 bits per heavy atom. The van der Waals surface area contributed by atoms with Crippen molar-refractivity contribution < 1.29 is 19.0 Å². The second kappa shape index (κ2) is 6.47. The van der Waals surface area contributed by atoms with Crippen LogP contribution >= 0.6 is 11.6 Å². The van der Waals surface area contributed by atoms with E-state index in [1.54, 1.807) is 6.07 Å². The number of hydrogen-bond acceptors (Lipinski definition) is 3. The van der Waals surface area contributed by atoms with Gasteiger partial charge in [-0.15, -0.1) is 0 Å². The topological polar surface area (TPSA) is 46.5 Å². The van der Waals surface area contributed by atoms with Crippen molar-refractivity contribution >= 4 is 23.0 Å². The first-order valence-electron chi connectivity index (χ1n) is 9.08. The van der Waals surface area contributed by atoms with E-state index in [9.17, 15) is 14.3 Å². The van der Waals surface area contributed by atoms with Gasteiger partial charge in [-0.2, -0.15) is 0 Å². The van der Waals surface area contributed by atoms with Crippen molar-refractivity contribution in [3.63, 3.8) is 0 Å². The molecule has 0 amide bonds. The summed E-state index contributed by atoms with van der Waals surface area (Å²) in [4.78, 5) is 12.8. The van der Waals surface area contributed by atoms with Crippen molar-refractivity contribution in [2.24, 2.45) is 0 Å². The van der Waals surface area contributed by atoms with E-state index in [0.29, 0.717) is 30.4 Å². The van der Waals surface area contributed by atoms with Gasteiger partial charge < -0.3 is 9.84 Å². The third-order valence-corrected chi connectivity index (χ3v) is 5.88. The van der Waals surface area contributed by atoms with E-state index >= 15 is 0 Å². The van der Waals surface area contributed by atoms with Gasteiger partial charge in [0.05, 0.1) is 10.6 Å². The number of rotatable bonds is 3. The number of aliphatic hydroxyl groups is 1. The van der Waals surface area contributed by atoms with E-state index in [4.69, 9.17) is 16.3 Å². The maximum atomic E-state index is 13.8. The first-order valence-corrected chi connectivity index (χ1v) is 9.46. The number of ketones is 1. The third-order valence-electron chi connectivity index (χ3n) is 5.57. The molecule has 27 heavy (non-hydrogen) atoms. The van der Waals surface area contributed by atoms with Crippen LogP contribution in [-0.2, 0) is 16.0 Å². The van der Waals surface area contributed by atoms with E-state index in [2.05, 4.69) is 0 Å². The molecule has 2 heterocycles. The standard InChI is InChI=1S/C22H20ClFO3/c1-3-12-10-13(14-5-7-16(23)17(24)11-14)4-6-15(12)19-20(25)18-8-9-22(2,27-18)21(19)26/h4-7,10-11,18,26H,3,8-9H2,1-2H3/t18-,22-/m1/s1. The number of ether oxygens (including phenoxy) is 1. The van der Waals surface area contributed by atoms with Crippen molar-refractivity contribution in [2.45, 2.75) is 44.8 Å². The van der Waals surface area contributed by atoms with Crippen LogP contribution in [0.4, 0.5) is 4.39 Å². The summed E-state index contributed by atoms with van der Waals surface area (Å²) in [7, 11) is 0. The van der Waals surface area contributed by atoms with Crippen LogP contribution in [0.1, 0.15) is 37.8 Å². The summed E-state index contributed by atoms with van der Waals surface area (Å²) in [5.74, 6) is -0.621. The molecule has 3 nitrogen and oxygen atoms in total. The van der Waals surface area contributed by atoms with Crippen LogP contribution in [0.5, 0.6) is 0 Å². The second-order valence-corrected chi connectivity index (χ2v) is 7.73. The van der Waals surface area contributed by atoms with Gasteiger partial charge in [0.15, 0.2) is 5.78 Å². The minimum absolute atomic E-state index is 0.0150. The Morgan fingerprint density at radius 2 is 1.96 bits per heavy atom. The monoisotopic (exact) mass is 386 g/mol. The van der Waals surface area contributed by atoms with E-state index in [1.807, 2.05) is 32.0 Å². The highest BCUT2D eigenvalue weighted by molar-refractivity contribution is 6.30. The number of fused-ring (bicyclic) bond motifs is 2. The lowest BCUT2D eigenvalue weighted by atomic mass is 9.87. The molecule has 2 atom stereocenters. The Morgan fingerprint density at radius 1 is 1.26 bits per heavy atom. The minimum Gasteiger partial charge on any atom is -0.508 e. The summed E-state index contributed by atoms with van der Waals surface area (Å²) in [6.07, 6.45) is 1.43. The summed E-state index contributed by atoms with van der Waals surface area (Å²) in [6.45, 7) is 3.81. The summed E-state index contributed by atoms with van der Waals surface area (Å²) < 4.78 is 19.6. The van der Waals surface area contributed by atoms with Crippen LogP contribution in [0, 0.1) is 5.82 Å². The molecule has 0 spiro atoms. The molecule has 2 aromatic rings. The molecule has 0 radical (unpaired) electrons. The normalized spacial score (nSPS) is 24.6. The number of benzene rings is 2. The second-order valence-electron chi connectivity index (χ2n) is 7.32. The van der Waals surface area contributed by atoms with Crippen molar-refractivity contribution in [1.82, 2.24) is 0 Å². The fraction of sp³-hybridized carbons (Fsp3) is 0.318. The third kappa shape index (κ3) is 2.88. The molecule has 1 saturated heterocycles. The molecule has 0 unspecified atom stereocenters. The van der Waals surface area contributed by atoms with Gasteiger partial charge in [-0.3, -0.25) is 4.79 Å². The highest BCUT2D eigenvalue weighted by atomic mass is 35.5. The molecule has 1 N–H and O–H groups in total. The Kier molecular flexibility index (Phi) is 4.36. The highest BCUT2D eigenvalue weighted by Gasteiger charge is 2.50. The molecule has 2 bridgehead atoms. The van der Waals surface area contributed by atoms with Crippen LogP contribution in [0.25, 0.3) is 16.7 Å². The Labute approximate surface area is 162 Å². The Hall–Kier alpha value is -2.17. The number of Topliss-reactive ketones (excluding diaryl/α,β-unsaturated/α-hetero) is 1. The van der Waals surface area contributed by atoms with Gasteiger partial charge in [0.2, 0.25) is 0 Å². The lowest BCUT2D eigenvalue weighted by molar-refractivity contribution is -0.130. The van der Waals surface area contributed by atoms with Crippen LogP contribution in [0.3, 0.4) is 0 Å².